The fraction of sp³-hybridized carbons (Fsp3) is 0.286. The van der Waals surface area contributed by atoms with Crippen molar-refractivity contribution in [2.75, 3.05) is 5.73 Å². The predicted molar refractivity (Wildman–Crippen MR) is 81.5 cm³/mol. The lowest BCUT2D eigenvalue weighted by Gasteiger charge is -2.05. The van der Waals surface area contributed by atoms with Crippen molar-refractivity contribution in [3.63, 3.8) is 0 Å². The van der Waals surface area contributed by atoms with Gasteiger partial charge < -0.3 is 5.73 Å². The van der Waals surface area contributed by atoms with Crippen molar-refractivity contribution < 1.29 is 4.79 Å². The lowest BCUT2D eigenvalue weighted by atomic mass is 10.1. The molecular weight excluding hydrogens is 297 g/mol. The maximum absolute atomic E-state index is 12.3. The zero-order valence-electron chi connectivity index (χ0n) is 11.3. The van der Waals surface area contributed by atoms with Gasteiger partial charge in [-0.05, 0) is 24.6 Å². The molecule has 2 N–H and O–H groups in total. The topological polar surface area (TPSA) is 60.9 Å². The minimum Gasteiger partial charge on any atom is -0.398 e. The second-order valence-corrected chi connectivity index (χ2v) is 5.31. The van der Waals surface area contributed by atoms with Crippen LogP contribution in [0.1, 0.15) is 28.7 Å². The third kappa shape index (κ3) is 2.81. The summed E-state index contributed by atoms with van der Waals surface area (Å²) in [6.07, 6.45) is 0.915. The molecule has 1 heterocycles. The molecule has 1 aromatic heterocycles. The van der Waals surface area contributed by atoms with Crippen LogP contribution in [0.25, 0.3) is 0 Å². The molecule has 20 heavy (non-hydrogen) atoms. The molecule has 0 saturated carbocycles. The molecule has 0 bridgehead atoms. The zero-order chi connectivity index (χ0) is 14.9. The molecular formula is C14H15Cl2N3O. The first kappa shape index (κ1) is 14.9. The summed E-state index contributed by atoms with van der Waals surface area (Å²) in [5.41, 5.74) is 8.13. The highest BCUT2D eigenvalue weighted by molar-refractivity contribution is 6.33. The SMILES string of the molecule is CCc1nn(C)c(CC(=O)c2ccc(Cl)c(N)c2)c1Cl. The van der Waals surface area contributed by atoms with Crippen LogP contribution in [0.5, 0.6) is 0 Å². The van der Waals surface area contributed by atoms with Crippen molar-refractivity contribution in [2.24, 2.45) is 7.05 Å². The van der Waals surface area contributed by atoms with E-state index in [0.29, 0.717) is 27.0 Å². The van der Waals surface area contributed by atoms with Crippen LogP contribution in [0.15, 0.2) is 18.2 Å². The number of nitrogens with zero attached hydrogens (tertiary/aromatic N) is 2. The van der Waals surface area contributed by atoms with E-state index in [1.165, 1.54) is 0 Å². The van der Waals surface area contributed by atoms with Crippen molar-refractivity contribution in [1.82, 2.24) is 9.78 Å². The smallest absolute Gasteiger partial charge is 0.168 e. The van der Waals surface area contributed by atoms with E-state index in [4.69, 9.17) is 28.9 Å². The van der Waals surface area contributed by atoms with Crippen LogP contribution in [0.3, 0.4) is 0 Å². The van der Waals surface area contributed by atoms with Gasteiger partial charge in [0.2, 0.25) is 0 Å². The summed E-state index contributed by atoms with van der Waals surface area (Å²) in [5, 5.41) is 5.29. The Morgan fingerprint density at radius 2 is 2.10 bits per heavy atom. The Bertz CT molecular complexity index is 665. The minimum absolute atomic E-state index is 0.0686. The summed E-state index contributed by atoms with van der Waals surface area (Å²) < 4.78 is 1.65. The van der Waals surface area contributed by atoms with E-state index in [0.717, 1.165) is 12.1 Å². The maximum atomic E-state index is 12.3. The molecule has 0 fully saturated rings. The predicted octanol–water partition coefficient (Wildman–Crippen LogP) is 3.30. The highest BCUT2D eigenvalue weighted by atomic mass is 35.5. The van der Waals surface area contributed by atoms with E-state index in [2.05, 4.69) is 5.10 Å². The monoisotopic (exact) mass is 311 g/mol. The van der Waals surface area contributed by atoms with Gasteiger partial charge in [0, 0.05) is 12.6 Å². The number of Topliss-reactive ketones (excluding diaryl/α,β-unsaturated/α-hetero) is 1. The molecule has 106 valence electrons. The van der Waals surface area contributed by atoms with Crippen LogP contribution in [0.4, 0.5) is 5.69 Å². The third-order valence-corrected chi connectivity index (χ3v) is 3.93. The van der Waals surface area contributed by atoms with E-state index in [1.54, 1.807) is 29.9 Å². The molecule has 1 aromatic carbocycles. The number of nitrogens with two attached hydrogens (primary N) is 1. The van der Waals surface area contributed by atoms with Crippen molar-refractivity contribution in [2.45, 2.75) is 19.8 Å². The summed E-state index contributed by atoms with van der Waals surface area (Å²) in [5.74, 6) is -0.0686. The lowest BCUT2D eigenvalue weighted by molar-refractivity contribution is 0.0991. The molecule has 0 radical (unpaired) electrons. The number of halogens is 2. The van der Waals surface area contributed by atoms with Crippen LogP contribution in [-0.4, -0.2) is 15.6 Å². The van der Waals surface area contributed by atoms with Crippen molar-refractivity contribution in [3.8, 4) is 0 Å². The van der Waals surface area contributed by atoms with Gasteiger partial charge in [-0.15, -0.1) is 0 Å². The Labute approximate surface area is 127 Å². The molecule has 0 aliphatic heterocycles. The third-order valence-electron chi connectivity index (χ3n) is 3.15. The Morgan fingerprint density at radius 1 is 1.40 bits per heavy atom. The Hall–Kier alpha value is -1.52. The van der Waals surface area contributed by atoms with Gasteiger partial charge in [-0.3, -0.25) is 9.48 Å². The fourth-order valence-corrected chi connectivity index (χ4v) is 2.46. The largest absolute Gasteiger partial charge is 0.398 e. The Morgan fingerprint density at radius 3 is 2.65 bits per heavy atom. The molecule has 0 spiro atoms. The van der Waals surface area contributed by atoms with Gasteiger partial charge in [0.1, 0.15) is 0 Å². The van der Waals surface area contributed by atoms with Gasteiger partial charge >= 0.3 is 0 Å². The highest BCUT2D eigenvalue weighted by Crippen LogP contribution is 2.24. The van der Waals surface area contributed by atoms with E-state index >= 15 is 0 Å². The summed E-state index contributed by atoms with van der Waals surface area (Å²) in [6, 6.07) is 4.86. The van der Waals surface area contributed by atoms with Crippen LogP contribution in [-0.2, 0) is 19.9 Å². The van der Waals surface area contributed by atoms with Gasteiger partial charge in [-0.25, -0.2) is 0 Å². The quantitative estimate of drug-likeness (QED) is 0.696. The average Bonchev–Trinajstić information content (AvgIpc) is 2.69. The zero-order valence-corrected chi connectivity index (χ0v) is 12.8. The number of anilines is 1. The lowest BCUT2D eigenvalue weighted by Crippen LogP contribution is -2.08. The molecule has 0 amide bonds. The van der Waals surface area contributed by atoms with Crippen molar-refractivity contribution in [1.29, 1.82) is 0 Å². The van der Waals surface area contributed by atoms with Crippen LogP contribution >= 0.6 is 23.2 Å². The first-order valence-electron chi connectivity index (χ1n) is 6.22. The molecule has 0 aliphatic carbocycles. The Kier molecular flexibility index (Phi) is 4.35. The van der Waals surface area contributed by atoms with Gasteiger partial charge in [-0.1, -0.05) is 30.1 Å². The summed E-state index contributed by atoms with van der Waals surface area (Å²) in [6.45, 7) is 1.97. The number of carbonyl (C=O) groups is 1. The second-order valence-electron chi connectivity index (χ2n) is 4.52. The molecule has 0 atom stereocenters. The summed E-state index contributed by atoms with van der Waals surface area (Å²) in [7, 11) is 1.78. The number of aryl methyl sites for hydroxylation is 2. The normalized spacial score (nSPS) is 10.8. The van der Waals surface area contributed by atoms with E-state index in [1.807, 2.05) is 6.92 Å². The molecule has 6 heteroatoms. The molecule has 4 nitrogen and oxygen atoms in total. The molecule has 2 aromatic rings. The maximum Gasteiger partial charge on any atom is 0.168 e. The first-order valence-corrected chi connectivity index (χ1v) is 6.98. The van der Waals surface area contributed by atoms with E-state index in [9.17, 15) is 4.79 Å². The number of ketones is 1. The number of hydrogen-bond acceptors (Lipinski definition) is 3. The Balaban J connectivity index is 2.28. The van der Waals surface area contributed by atoms with Crippen LogP contribution in [0.2, 0.25) is 10.0 Å². The number of carbonyl (C=O) groups excluding carboxylic acids is 1. The highest BCUT2D eigenvalue weighted by Gasteiger charge is 2.17. The number of nitrogen functional groups attached to an aromatic ring is 1. The van der Waals surface area contributed by atoms with Crippen molar-refractivity contribution >= 4 is 34.7 Å². The van der Waals surface area contributed by atoms with Gasteiger partial charge in [0.15, 0.2) is 5.78 Å². The number of aromatic nitrogens is 2. The molecule has 0 aliphatic rings. The van der Waals surface area contributed by atoms with Gasteiger partial charge in [-0.2, -0.15) is 5.10 Å². The molecule has 0 saturated heterocycles. The van der Waals surface area contributed by atoms with E-state index in [-0.39, 0.29) is 12.2 Å². The van der Waals surface area contributed by atoms with E-state index < -0.39 is 0 Å². The van der Waals surface area contributed by atoms with Crippen molar-refractivity contribution in [3.05, 3.63) is 45.2 Å². The van der Waals surface area contributed by atoms with Gasteiger partial charge in [0.05, 0.1) is 33.5 Å². The number of hydrogen-bond donors (Lipinski definition) is 1. The summed E-state index contributed by atoms with van der Waals surface area (Å²) >= 11 is 12.1. The standard InChI is InChI=1S/C14H15Cl2N3O/c1-3-11-14(16)12(19(2)18-11)7-13(20)8-4-5-9(15)10(17)6-8/h4-6H,3,7,17H2,1-2H3. The summed E-state index contributed by atoms with van der Waals surface area (Å²) in [4.78, 5) is 12.3. The van der Waals surface area contributed by atoms with Crippen LogP contribution < -0.4 is 5.73 Å². The number of benzene rings is 1. The molecule has 2 rings (SSSR count). The minimum atomic E-state index is -0.0686. The fourth-order valence-electron chi connectivity index (χ4n) is 1.98. The second kappa shape index (κ2) is 5.85. The van der Waals surface area contributed by atoms with Gasteiger partial charge in [0.25, 0.3) is 0 Å². The van der Waals surface area contributed by atoms with Crippen LogP contribution in [0, 0.1) is 0 Å². The average molecular weight is 312 g/mol. The number of rotatable bonds is 4. The molecule has 0 unspecified atom stereocenters. The first-order chi connectivity index (χ1) is 9.43.